The van der Waals surface area contributed by atoms with Crippen LogP contribution in [0.2, 0.25) is 0 Å². The molecular weight excluding hydrogens is 426 g/mol. The highest BCUT2D eigenvalue weighted by molar-refractivity contribution is 5.60. The molecule has 2 N–H and O–H groups in total. The maximum atomic E-state index is 12.0. The van der Waals surface area contributed by atoms with E-state index in [2.05, 4.69) is 4.98 Å². The van der Waals surface area contributed by atoms with Gasteiger partial charge in [0.05, 0.1) is 11.0 Å². The Morgan fingerprint density at radius 2 is 2.09 bits per heavy atom. The number of carbonyl (C=O) groups excluding carboxylic acids is 1. The molecule has 1 aromatic heterocycles. The van der Waals surface area contributed by atoms with E-state index < -0.39 is 46.7 Å². The molecule has 2 heterocycles. The summed E-state index contributed by atoms with van der Waals surface area (Å²) in [4.78, 5) is 48.2. The fourth-order valence-corrected chi connectivity index (χ4v) is 3.38. The normalized spacial score (nSPS) is 21.2. The van der Waals surface area contributed by atoms with Crippen molar-refractivity contribution >= 4 is 11.8 Å². The van der Waals surface area contributed by atoms with Crippen molar-refractivity contribution in [3.05, 3.63) is 72.5 Å². The number of hydrogen-bond acceptors (Lipinski definition) is 9. The number of aromatic nitrogens is 2. The summed E-state index contributed by atoms with van der Waals surface area (Å²) in [6, 6.07) is 6.16. The molecule has 1 aliphatic heterocycles. The van der Waals surface area contributed by atoms with Crippen molar-refractivity contribution in [2.75, 3.05) is 13.2 Å². The Labute approximate surface area is 181 Å². The first kappa shape index (κ1) is 23.2. The van der Waals surface area contributed by atoms with E-state index in [1.807, 2.05) is 0 Å². The Bertz CT molecular complexity index is 1110. The van der Waals surface area contributed by atoms with Crippen LogP contribution in [-0.2, 0) is 14.2 Å². The van der Waals surface area contributed by atoms with Crippen LogP contribution in [-0.4, -0.2) is 51.2 Å². The lowest BCUT2D eigenvalue weighted by Gasteiger charge is -2.17. The molecule has 4 unspecified atom stereocenters. The molecule has 0 amide bonds. The van der Waals surface area contributed by atoms with Gasteiger partial charge in [-0.25, -0.2) is 9.59 Å². The quantitative estimate of drug-likeness (QED) is 0.361. The third-order valence-corrected chi connectivity index (χ3v) is 5.14. The van der Waals surface area contributed by atoms with Crippen LogP contribution < -0.4 is 11.2 Å². The Hall–Kier alpha value is -3.51. The number of para-hydroxylation sites is 1. The molecule has 1 fully saturated rings. The number of carbonyl (C=O) groups is 1. The Morgan fingerprint density at radius 3 is 2.81 bits per heavy atom. The third kappa shape index (κ3) is 5.21. The number of aliphatic hydroxyl groups excluding tert-OH is 1. The number of hydrogen-bond donors (Lipinski definition) is 2. The number of rotatable bonds is 7. The van der Waals surface area contributed by atoms with Crippen molar-refractivity contribution in [2.45, 2.75) is 44.6 Å². The van der Waals surface area contributed by atoms with E-state index in [0.717, 1.165) is 4.57 Å². The number of nitro groups is 1. The minimum absolute atomic E-state index is 0.0587. The van der Waals surface area contributed by atoms with E-state index in [1.54, 1.807) is 25.1 Å². The first-order valence-electron chi connectivity index (χ1n) is 9.85. The van der Waals surface area contributed by atoms with Gasteiger partial charge in [0.2, 0.25) is 0 Å². The lowest BCUT2D eigenvalue weighted by Crippen LogP contribution is -2.33. The predicted octanol–water partition coefficient (Wildman–Crippen LogP) is 1.36. The number of H-pyrrole nitrogens is 1. The second-order valence-electron chi connectivity index (χ2n) is 7.50. The number of nitrogens with zero attached hydrogens (tertiary/aromatic N) is 2. The molecular formula is C20H23N3O9. The van der Waals surface area contributed by atoms with Crippen molar-refractivity contribution in [2.24, 2.45) is 0 Å². The number of aryl methyl sites for hydroxylation is 1. The molecule has 1 saturated heterocycles. The highest BCUT2D eigenvalue weighted by Crippen LogP contribution is 2.28. The second kappa shape index (κ2) is 9.75. The van der Waals surface area contributed by atoms with Crippen molar-refractivity contribution in [3.63, 3.8) is 0 Å². The largest absolute Gasteiger partial charge is 0.508 e. The van der Waals surface area contributed by atoms with E-state index in [1.165, 1.54) is 19.2 Å². The molecule has 1 aromatic carbocycles. The zero-order valence-electron chi connectivity index (χ0n) is 17.4. The van der Waals surface area contributed by atoms with E-state index >= 15 is 0 Å². The lowest BCUT2D eigenvalue weighted by atomic mass is 10.0. The molecule has 12 heteroatoms. The number of benzene rings is 1. The molecule has 12 nitrogen and oxygen atoms in total. The number of nitrogens with one attached hydrogen (secondary N) is 1. The second-order valence-corrected chi connectivity index (χ2v) is 7.50. The highest BCUT2D eigenvalue weighted by atomic mass is 16.7. The maximum absolute atomic E-state index is 12.0. The van der Waals surface area contributed by atoms with Crippen LogP contribution in [0.3, 0.4) is 0 Å². The minimum atomic E-state index is -1.02. The van der Waals surface area contributed by atoms with Gasteiger partial charge in [0.15, 0.2) is 0 Å². The standard InChI is InChI=1S/C20H23N3O9/c1-11-8-22(19(26)21-18(11)25)17-7-15(24)16(32-17)10-31-20(27)30-9-12(2)13-5-3-4-6-14(13)23(28)29/h3-6,8,12,15-17,24H,7,9-10H2,1-2H3,(H,21,25,26). The first-order chi connectivity index (χ1) is 15.2. The van der Waals surface area contributed by atoms with Gasteiger partial charge in [-0.05, 0) is 6.92 Å². The predicted molar refractivity (Wildman–Crippen MR) is 109 cm³/mol. The van der Waals surface area contributed by atoms with Crippen LogP contribution in [0.5, 0.6) is 0 Å². The third-order valence-electron chi connectivity index (χ3n) is 5.14. The van der Waals surface area contributed by atoms with E-state index in [-0.39, 0.29) is 25.3 Å². The smallest absolute Gasteiger partial charge is 0.434 e. The Kier molecular flexibility index (Phi) is 7.05. The van der Waals surface area contributed by atoms with Crippen molar-refractivity contribution < 1.29 is 29.0 Å². The van der Waals surface area contributed by atoms with Gasteiger partial charge >= 0.3 is 11.8 Å². The fourth-order valence-electron chi connectivity index (χ4n) is 3.38. The molecule has 172 valence electrons. The summed E-state index contributed by atoms with van der Waals surface area (Å²) < 4.78 is 16.8. The van der Waals surface area contributed by atoms with Gasteiger partial charge in [-0.3, -0.25) is 24.5 Å². The maximum Gasteiger partial charge on any atom is 0.508 e. The monoisotopic (exact) mass is 449 g/mol. The summed E-state index contributed by atoms with van der Waals surface area (Å²) in [6.45, 7) is 2.73. The molecule has 32 heavy (non-hydrogen) atoms. The van der Waals surface area contributed by atoms with Gasteiger partial charge in [-0.1, -0.05) is 25.1 Å². The van der Waals surface area contributed by atoms with Gasteiger partial charge in [-0.15, -0.1) is 0 Å². The number of nitro benzene ring substituents is 1. The van der Waals surface area contributed by atoms with Gasteiger partial charge in [0, 0.05) is 35.7 Å². The van der Waals surface area contributed by atoms with Crippen LogP contribution in [0.15, 0.2) is 40.1 Å². The molecule has 0 spiro atoms. The van der Waals surface area contributed by atoms with Gasteiger partial charge in [0.1, 0.15) is 25.5 Å². The van der Waals surface area contributed by atoms with Crippen molar-refractivity contribution in [3.8, 4) is 0 Å². The minimum Gasteiger partial charge on any atom is -0.434 e. The topological polar surface area (TPSA) is 163 Å². The fraction of sp³-hybridized carbons (Fsp3) is 0.450. The summed E-state index contributed by atoms with van der Waals surface area (Å²) >= 11 is 0. The number of aliphatic hydroxyl groups is 1. The van der Waals surface area contributed by atoms with Crippen LogP contribution >= 0.6 is 0 Å². The van der Waals surface area contributed by atoms with Crippen molar-refractivity contribution in [1.29, 1.82) is 0 Å². The molecule has 1 aliphatic rings. The van der Waals surface area contributed by atoms with E-state index in [9.17, 15) is 29.6 Å². The van der Waals surface area contributed by atoms with Crippen molar-refractivity contribution in [1.82, 2.24) is 9.55 Å². The molecule has 0 aliphatic carbocycles. The molecule has 3 rings (SSSR count). The van der Waals surface area contributed by atoms with E-state index in [0.29, 0.717) is 11.1 Å². The summed E-state index contributed by atoms with van der Waals surface area (Å²) in [7, 11) is 0. The summed E-state index contributed by atoms with van der Waals surface area (Å²) in [5, 5.41) is 21.3. The summed E-state index contributed by atoms with van der Waals surface area (Å²) in [6.07, 6.45) is -2.39. The first-order valence-corrected chi connectivity index (χ1v) is 9.85. The lowest BCUT2D eigenvalue weighted by molar-refractivity contribution is -0.385. The van der Waals surface area contributed by atoms with Crippen LogP contribution in [0.25, 0.3) is 0 Å². The molecule has 0 radical (unpaired) electrons. The Morgan fingerprint density at radius 1 is 1.38 bits per heavy atom. The number of aromatic amines is 1. The molecule has 4 atom stereocenters. The van der Waals surface area contributed by atoms with Gasteiger partial charge in [0.25, 0.3) is 11.2 Å². The zero-order chi connectivity index (χ0) is 23.4. The average Bonchev–Trinajstić information content (AvgIpc) is 3.13. The van der Waals surface area contributed by atoms with Gasteiger partial charge in [-0.2, -0.15) is 0 Å². The van der Waals surface area contributed by atoms with Crippen LogP contribution in [0.1, 0.15) is 36.6 Å². The highest BCUT2D eigenvalue weighted by Gasteiger charge is 2.36. The van der Waals surface area contributed by atoms with Crippen LogP contribution in [0.4, 0.5) is 10.5 Å². The molecule has 0 bridgehead atoms. The Balaban J connectivity index is 1.52. The molecule has 0 saturated carbocycles. The summed E-state index contributed by atoms with van der Waals surface area (Å²) in [5.41, 5.74) is -0.536. The zero-order valence-corrected chi connectivity index (χ0v) is 17.4. The summed E-state index contributed by atoms with van der Waals surface area (Å²) in [5.74, 6) is -0.447. The molecule has 2 aromatic rings. The SMILES string of the molecule is Cc1cn(C2CC(O)C(COC(=O)OCC(C)c3ccccc3[N+](=O)[O-])O2)c(=O)[nH]c1=O. The van der Waals surface area contributed by atoms with E-state index in [4.69, 9.17) is 14.2 Å². The average molecular weight is 449 g/mol. The number of ether oxygens (including phenoxy) is 3. The van der Waals surface area contributed by atoms with Crippen LogP contribution in [0, 0.1) is 17.0 Å². The van der Waals surface area contributed by atoms with Gasteiger partial charge < -0.3 is 19.3 Å².